The fraction of sp³-hybridized carbons (Fsp3) is 0.278. The molecule has 6 rings (SSSR count). The van der Waals surface area contributed by atoms with E-state index in [1.165, 1.54) is 46.9 Å². The van der Waals surface area contributed by atoms with Crippen LogP contribution in [-0.2, 0) is 12.8 Å². The van der Waals surface area contributed by atoms with Crippen LogP contribution in [0.3, 0.4) is 0 Å². The third kappa shape index (κ3) is 6.28. The van der Waals surface area contributed by atoms with Crippen molar-refractivity contribution in [1.82, 2.24) is 8.75 Å². The van der Waals surface area contributed by atoms with Crippen molar-refractivity contribution >= 4 is 56.8 Å². The number of halogens is 4. The second-order valence-corrected chi connectivity index (χ2v) is 14.9. The third-order valence-electron chi connectivity index (χ3n) is 8.75. The summed E-state index contributed by atoms with van der Waals surface area (Å²) in [6, 6.07) is 12.4. The van der Waals surface area contributed by atoms with Gasteiger partial charge in [-0.2, -0.15) is 8.75 Å². The zero-order chi connectivity index (χ0) is 33.6. The Balaban J connectivity index is 1.38. The number of thiophene rings is 2. The van der Waals surface area contributed by atoms with E-state index in [1.54, 1.807) is 24.3 Å². The van der Waals surface area contributed by atoms with Crippen LogP contribution in [0.5, 0.6) is 0 Å². The Morgan fingerprint density at radius 3 is 1.21 bits per heavy atom. The van der Waals surface area contributed by atoms with E-state index in [2.05, 4.69) is 22.6 Å². The highest BCUT2D eigenvalue weighted by molar-refractivity contribution is 7.19. The van der Waals surface area contributed by atoms with Crippen LogP contribution < -0.4 is 11.5 Å². The molecule has 0 aliphatic rings. The first-order chi connectivity index (χ1) is 22.5. The zero-order valence-corrected chi connectivity index (χ0v) is 28.8. The summed E-state index contributed by atoms with van der Waals surface area (Å²) in [5, 5.41) is 0. The molecular formula is C36H34F4N4S3. The molecule has 0 amide bonds. The summed E-state index contributed by atoms with van der Waals surface area (Å²) in [6.45, 7) is 8.20. The Hall–Kier alpha value is -3.80. The Morgan fingerprint density at radius 2 is 0.894 bits per heavy atom. The van der Waals surface area contributed by atoms with Crippen LogP contribution in [-0.4, -0.2) is 8.75 Å². The topological polar surface area (TPSA) is 77.8 Å². The molecule has 2 unspecified atom stereocenters. The Bertz CT molecular complexity index is 1910. The molecule has 0 radical (unpaired) electrons. The van der Waals surface area contributed by atoms with Gasteiger partial charge in [-0.15, -0.1) is 22.7 Å². The lowest BCUT2D eigenvalue weighted by atomic mass is 9.97. The number of hydrogen-bond donors (Lipinski definition) is 2. The first-order valence-corrected chi connectivity index (χ1v) is 17.9. The van der Waals surface area contributed by atoms with Crippen molar-refractivity contribution < 1.29 is 17.6 Å². The van der Waals surface area contributed by atoms with Gasteiger partial charge in [0.2, 0.25) is 0 Å². The van der Waals surface area contributed by atoms with Gasteiger partial charge >= 0.3 is 0 Å². The average molecular weight is 695 g/mol. The predicted molar refractivity (Wildman–Crippen MR) is 190 cm³/mol. The van der Waals surface area contributed by atoms with E-state index < -0.39 is 23.3 Å². The molecule has 4 N–H and O–H groups in total. The number of rotatable bonds is 10. The Morgan fingerprint density at radius 1 is 0.574 bits per heavy atom. The molecule has 47 heavy (non-hydrogen) atoms. The summed E-state index contributed by atoms with van der Waals surface area (Å²) in [5.41, 5.74) is 16.8. The monoisotopic (exact) mass is 694 g/mol. The standard InChI is InChI=1S/C36H34F4N4S3/c1-5-17(3)11-19-13-21(37)29(22(38)14-19)25-7-9-27(45-25)31-33(41)34(42)32(36-35(31)43-47-44-36)28-10-8-26(46-28)30-23(39)15-20(16-24(30)40)12-18(4)6-2/h7-10,13-18H,5-6,11-12,41-42H2,1-4H3. The number of nitrogens with two attached hydrogens (primary N) is 2. The van der Waals surface area contributed by atoms with Crippen molar-refractivity contribution in [3.8, 4) is 41.8 Å². The molecule has 4 nitrogen and oxygen atoms in total. The zero-order valence-electron chi connectivity index (χ0n) is 26.4. The lowest BCUT2D eigenvalue weighted by Gasteiger charge is -2.13. The molecule has 0 bridgehead atoms. The van der Waals surface area contributed by atoms with Crippen molar-refractivity contribution in [2.75, 3.05) is 11.5 Å². The quantitative estimate of drug-likeness (QED) is 0.111. The van der Waals surface area contributed by atoms with Crippen molar-refractivity contribution in [3.05, 3.63) is 82.9 Å². The van der Waals surface area contributed by atoms with Crippen LogP contribution in [0.4, 0.5) is 28.9 Å². The van der Waals surface area contributed by atoms with Gasteiger partial charge in [0.25, 0.3) is 0 Å². The highest BCUT2D eigenvalue weighted by atomic mass is 32.1. The van der Waals surface area contributed by atoms with Gasteiger partial charge in [0, 0.05) is 30.6 Å². The second kappa shape index (κ2) is 13.4. The largest absolute Gasteiger partial charge is 0.396 e. The number of nitrogens with zero attached hydrogens (tertiary/aromatic N) is 2. The van der Waals surface area contributed by atoms with Gasteiger partial charge in [0.1, 0.15) is 34.3 Å². The highest BCUT2D eigenvalue weighted by Gasteiger charge is 2.26. The molecular weight excluding hydrogens is 661 g/mol. The van der Waals surface area contributed by atoms with Crippen molar-refractivity contribution in [2.45, 2.75) is 53.4 Å². The molecule has 6 aromatic rings. The van der Waals surface area contributed by atoms with Crippen LogP contribution in [0.15, 0.2) is 48.5 Å². The first kappa shape index (κ1) is 33.1. The van der Waals surface area contributed by atoms with Gasteiger partial charge in [0.15, 0.2) is 0 Å². The highest BCUT2D eigenvalue weighted by Crippen LogP contribution is 2.49. The van der Waals surface area contributed by atoms with Crippen LogP contribution >= 0.6 is 34.4 Å². The molecule has 244 valence electrons. The number of anilines is 2. The van der Waals surface area contributed by atoms with Crippen LogP contribution in [0.25, 0.3) is 52.8 Å². The summed E-state index contributed by atoms with van der Waals surface area (Å²) in [7, 11) is 0. The molecule has 3 aromatic heterocycles. The van der Waals surface area contributed by atoms with Gasteiger partial charge in [-0.05, 0) is 84.3 Å². The van der Waals surface area contributed by atoms with Crippen molar-refractivity contribution in [3.63, 3.8) is 0 Å². The van der Waals surface area contributed by atoms with Gasteiger partial charge in [-0.25, -0.2) is 17.6 Å². The number of nitrogen functional groups attached to an aromatic ring is 2. The van der Waals surface area contributed by atoms with Crippen LogP contribution in [0, 0.1) is 35.1 Å². The summed E-state index contributed by atoms with van der Waals surface area (Å²) >= 11 is 3.35. The van der Waals surface area contributed by atoms with E-state index in [9.17, 15) is 0 Å². The minimum absolute atomic E-state index is 0.0940. The van der Waals surface area contributed by atoms with Crippen molar-refractivity contribution in [2.24, 2.45) is 11.8 Å². The number of aromatic nitrogens is 2. The maximum Gasteiger partial charge on any atom is 0.135 e. The summed E-state index contributed by atoms with van der Waals surface area (Å²) in [4.78, 5) is 2.07. The van der Waals surface area contributed by atoms with Crippen LogP contribution in [0.2, 0.25) is 0 Å². The van der Waals surface area contributed by atoms with E-state index >= 15 is 17.6 Å². The van der Waals surface area contributed by atoms with E-state index in [0.717, 1.165) is 24.6 Å². The summed E-state index contributed by atoms with van der Waals surface area (Å²) in [6.07, 6.45) is 3.02. The average Bonchev–Trinajstić information content (AvgIpc) is 3.80. The molecule has 3 heterocycles. The summed E-state index contributed by atoms with van der Waals surface area (Å²) < 4.78 is 70.1. The fourth-order valence-electron chi connectivity index (χ4n) is 5.80. The molecule has 0 saturated heterocycles. The summed E-state index contributed by atoms with van der Waals surface area (Å²) in [5.74, 6) is -1.85. The SMILES string of the molecule is CCC(C)Cc1cc(F)c(-c2ccc(-c3c(N)c(N)c(-c4ccc(-c5c(F)cc(CC(C)CC)cc5F)s4)c4nsnc34)s2)c(F)c1. The van der Waals surface area contributed by atoms with Gasteiger partial charge in [0.05, 0.1) is 34.2 Å². The molecule has 0 aliphatic carbocycles. The number of fused-ring (bicyclic) bond motifs is 1. The molecule has 0 aliphatic heterocycles. The van der Waals surface area contributed by atoms with E-state index in [4.69, 9.17) is 11.5 Å². The Kier molecular flexibility index (Phi) is 9.42. The van der Waals surface area contributed by atoms with Gasteiger partial charge in [-0.3, -0.25) is 0 Å². The van der Waals surface area contributed by atoms with Crippen LogP contribution in [0.1, 0.15) is 51.7 Å². The fourth-order valence-corrected chi connectivity index (χ4v) is 8.59. The van der Waals surface area contributed by atoms with E-state index in [-0.39, 0.29) is 22.5 Å². The lowest BCUT2D eigenvalue weighted by Crippen LogP contribution is -2.01. The van der Waals surface area contributed by atoms with Gasteiger partial charge in [-0.1, -0.05) is 40.5 Å². The second-order valence-electron chi connectivity index (χ2n) is 12.2. The normalized spacial score (nSPS) is 13.0. The van der Waals surface area contributed by atoms with E-state index in [0.29, 0.717) is 77.5 Å². The Labute approximate surface area is 283 Å². The molecule has 0 saturated carbocycles. The molecule has 2 atom stereocenters. The predicted octanol–water partition coefficient (Wildman–Crippen LogP) is 11.4. The number of benzene rings is 3. The molecule has 11 heteroatoms. The number of hydrogen-bond acceptors (Lipinski definition) is 7. The molecule has 3 aromatic carbocycles. The van der Waals surface area contributed by atoms with E-state index in [1.807, 2.05) is 13.8 Å². The maximum atomic E-state index is 15.3. The minimum Gasteiger partial charge on any atom is -0.396 e. The smallest absolute Gasteiger partial charge is 0.135 e. The van der Waals surface area contributed by atoms with Gasteiger partial charge < -0.3 is 11.5 Å². The molecule has 0 spiro atoms. The minimum atomic E-state index is -0.619. The lowest BCUT2D eigenvalue weighted by molar-refractivity contribution is 0.546. The maximum absolute atomic E-state index is 15.3. The van der Waals surface area contributed by atoms with Crippen molar-refractivity contribution in [1.29, 1.82) is 0 Å². The third-order valence-corrected chi connectivity index (χ3v) is 11.5. The molecule has 0 fully saturated rings. The first-order valence-electron chi connectivity index (χ1n) is 15.5.